The van der Waals surface area contributed by atoms with Crippen molar-refractivity contribution >= 4 is 22.6 Å². The van der Waals surface area contributed by atoms with Gasteiger partial charge in [0.25, 0.3) is 6.47 Å². The molecule has 5 heteroatoms. The van der Waals surface area contributed by atoms with Crippen LogP contribution in [0.3, 0.4) is 0 Å². The zero-order valence-corrected chi connectivity index (χ0v) is 14.3. The summed E-state index contributed by atoms with van der Waals surface area (Å²) < 4.78 is 11.8. The number of carbonyl (C=O) groups is 1. The fraction of sp³-hybridized carbons (Fsp3) is 0.923. The Hall–Kier alpha value is -0.130. The summed E-state index contributed by atoms with van der Waals surface area (Å²) in [6.45, 7) is 14.0. The molecule has 0 heterocycles. The maximum absolute atomic E-state index is 9.60. The van der Waals surface area contributed by atoms with Crippen molar-refractivity contribution in [2.45, 2.75) is 53.6 Å². The van der Waals surface area contributed by atoms with E-state index in [9.17, 15) is 4.79 Å². The Labute approximate surface area is 120 Å². The van der Waals surface area contributed by atoms with Crippen molar-refractivity contribution in [3.8, 4) is 0 Å². The van der Waals surface area contributed by atoms with Gasteiger partial charge in [0.15, 0.2) is 0 Å². The molecular formula is C13H28BrNO3. The molecule has 0 amide bonds. The van der Waals surface area contributed by atoms with Gasteiger partial charge in [0.05, 0.1) is 6.61 Å². The lowest BCUT2D eigenvalue weighted by atomic mass is 9.92. The van der Waals surface area contributed by atoms with Gasteiger partial charge in [-0.25, -0.2) is 3.93 Å². The number of ether oxygens (including phenoxy) is 2. The fourth-order valence-electron chi connectivity index (χ4n) is 0.694. The summed E-state index contributed by atoms with van der Waals surface area (Å²) in [5.41, 5.74) is -0.00917. The lowest BCUT2D eigenvalue weighted by Gasteiger charge is -2.22. The summed E-state index contributed by atoms with van der Waals surface area (Å²) in [7, 11) is 1.93. The van der Waals surface area contributed by atoms with E-state index in [1.807, 2.05) is 31.7 Å². The van der Waals surface area contributed by atoms with Gasteiger partial charge < -0.3 is 9.47 Å². The molecule has 0 aliphatic heterocycles. The van der Waals surface area contributed by atoms with Crippen molar-refractivity contribution in [2.24, 2.45) is 5.41 Å². The van der Waals surface area contributed by atoms with Crippen molar-refractivity contribution < 1.29 is 14.3 Å². The molecule has 0 bridgehead atoms. The summed E-state index contributed by atoms with van der Waals surface area (Å²) in [6.07, 6.45) is 1.15. The molecule has 4 nitrogen and oxygen atoms in total. The van der Waals surface area contributed by atoms with Crippen LogP contribution in [0.1, 0.15) is 48.0 Å². The van der Waals surface area contributed by atoms with E-state index in [0.717, 1.165) is 13.0 Å². The third kappa shape index (κ3) is 18.2. The molecule has 0 radical (unpaired) electrons. The summed E-state index contributed by atoms with van der Waals surface area (Å²) in [4.78, 5) is 9.60. The van der Waals surface area contributed by atoms with E-state index in [1.165, 1.54) is 0 Å². The van der Waals surface area contributed by atoms with E-state index in [1.54, 1.807) is 0 Å². The van der Waals surface area contributed by atoms with Crippen molar-refractivity contribution in [3.63, 3.8) is 0 Å². The normalized spacial score (nSPS) is 11.8. The highest BCUT2D eigenvalue weighted by Crippen LogP contribution is 2.19. The Balaban J connectivity index is 0. The van der Waals surface area contributed by atoms with Crippen LogP contribution in [0.4, 0.5) is 0 Å². The highest BCUT2D eigenvalue weighted by atomic mass is 79.9. The summed E-state index contributed by atoms with van der Waals surface area (Å²) >= 11 is 3.27. The Kier molecular flexibility index (Phi) is 10.9. The lowest BCUT2D eigenvalue weighted by molar-refractivity contribution is -0.138. The predicted molar refractivity (Wildman–Crippen MR) is 78.5 cm³/mol. The van der Waals surface area contributed by atoms with Crippen LogP contribution in [0.5, 0.6) is 0 Å². The third-order valence-corrected chi connectivity index (χ3v) is 2.33. The van der Waals surface area contributed by atoms with E-state index in [2.05, 4.69) is 41.7 Å². The number of halogens is 1. The van der Waals surface area contributed by atoms with E-state index in [0.29, 0.717) is 18.6 Å². The first-order chi connectivity index (χ1) is 8.04. The van der Waals surface area contributed by atoms with Gasteiger partial charge in [-0.3, -0.25) is 4.79 Å². The van der Waals surface area contributed by atoms with Crippen molar-refractivity contribution in [3.05, 3.63) is 0 Å². The molecule has 0 aromatic rings. The smallest absolute Gasteiger partial charge is 0.293 e. The van der Waals surface area contributed by atoms with Crippen LogP contribution in [0.25, 0.3) is 0 Å². The van der Waals surface area contributed by atoms with Crippen molar-refractivity contribution in [1.82, 2.24) is 3.93 Å². The average molecular weight is 326 g/mol. The summed E-state index contributed by atoms with van der Waals surface area (Å²) in [5.74, 6) is 0. The minimum atomic E-state index is -0.318. The minimum Gasteiger partial charge on any atom is -0.462 e. The topological polar surface area (TPSA) is 38.8 Å². The average Bonchev–Trinajstić information content (AvgIpc) is 2.16. The molecule has 0 saturated carbocycles. The van der Waals surface area contributed by atoms with Gasteiger partial charge in [0.2, 0.25) is 0 Å². The second kappa shape index (κ2) is 9.75. The van der Waals surface area contributed by atoms with Gasteiger partial charge in [-0.15, -0.1) is 0 Å². The second-order valence-corrected chi connectivity index (χ2v) is 7.14. The fourth-order valence-corrected chi connectivity index (χ4v) is 0.839. The van der Waals surface area contributed by atoms with Gasteiger partial charge in [0.1, 0.15) is 12.3 Å². The Bertz CT molecular complexity index is 213. The molecule has 0 saturated heterocycles. The van der Waals surface area contributed by atoms with Crippen LogP contribution >= 0.6 is 16.1 Å². The number of carbonyl (C=O) groups excluding carboxylic acids is 1. The van der Waals surface area contributed by atoms with Gasteiger partial charge >= 0.3 is 0 Å². The Morgan fingerprint density at radius 1 is 1.22 bits per heavy atom. The maximum Gasteiger partial charge on any atom is 0.293 e. The van der Waals surface area contributed by atoms with Gasteiger partial charge in [0, 0.05) is 23.2 Å². The number of hydrogen-bond acceptors (Lipinski definition) is 4. The predicted octanol–water partition coefficient (Wildman–Crippen LogP) is 3.60. The lowest BCUT2D eigenvalue weighted by Crippen LogP contribution is -2.21. The molecule has 0 spiro atoms. The molecule has 0 unspecified atom stereocenters. The standard InChI is InChI=1S/C8H18BrNO.C5H10O2/c1-5-8(2,3)6-11-7-10(4)9;1-5(2,3)7-4-6/h5-7H2,1-4H3;4H,1-3H3. The summed E-state index contributed by atoms with van der Waals surface area (Å²) in [6, 6.07) is 0. The van der Waals surface area contributed by atoms with Gasteiger partial charge in [-0.05, 0) is 32.6 Å². The molecule has 0 N–H and O–H groups in total. The largest absolute Gasteiger partial charge is 0.462 e. The molecule has 0 atom stereocenters. The first kappa shape index (κ1) is 20.2. The highest BCUT2D eigenvalue weighted by Gasteiger charge is 2.14. The van der Waals surface area contributed by atoms with E-state index in [4.69, 9.17) is 4.74 Å². The van der Waals surface area contributed by atoms with Crippen LogP contribution < -0.4 is 0 Å². The zero-order valence-electron chi connectivity index (χ0n) is 12.7. The van der Waals surface area contributed by atoms with Gasteiger partial charge in [-0.2, -0.15) is 0 Å². The molecule has 0 aliphatic carbocycles. The van der Waals surface area contributed by atoms with E-state index in [-0.39, 0.29) is 5.60 Å². The van der Waals surface area contributed by atoms with Crippen LogP contribution in [-0.4, -0.2) is 36.4 Å². The first-order valence-corrected chi connectivity index (χ1v) is 6.81. The van der Waals surface area contributed by atoms with Crippen LogP contribution in [0.2, 0.25) is 0 Å². The summed E-state index contributed by atoms with van der Waals surface area (Å²) in [5, 5.41) is 0. The number of hydrogen-bond donors (Lipinski definition) is 0. The van der Waals surface area contributed by atoms with E-state index >= 15 is 0 Å². The van der Waals surface area contributed by atoms with Gasteiger partial charge in [-0.1, -0.05) is 20.8 Å². The zero-order chi connectivity index (χ0) is 14.8. The third-order valence-electron chi connectivity index (χ3n) is 2.12. The molecule has 0 aliphatic rings. The molecule has 0 rings (SSSR count). The quantitative estimate of drug-likeness (QED) is 0.425. The van der Waals surface area contributed by atoms with Crippen LogP contribution in [0, 0.1) is 5.41 Å². The van der Waals surface area contributed by atoms with E-state index < -0.39 is 0 Å². The van der Waals surface area contributed by atoms with Crippen LogP contribution in [-0.2, 0) is 14.3 Å². The number of nitrogens with zero attached hydrogens (tertiary/aromatic N) is 1. The molecule has 18 heavy (non-hydrogen) atoms. The second-order valence-electron chi connectivity index (χ2n) is 5.93. The van der Waals surface area contributed by atoms with Crippen LogP contribution in [0.15, 0.2) is 0 Å². The molecular weight excluding hydrogens is 298 g/mol. The van der Waals surface area contributed by atoms with Crippen molar-refractivity contribution in [1.29, 1.82) is 0 Å². The monoisotopic (exact) mass is 325 g/mol. The number of rotatable bonds is 6. The highest BCUT2D eigenvalue weighted by molar-refractivity contribution is 9.07. The Morgan fingerprint density at radius 2 is 1.72 bits per heavy atom. The first-order valence-electron chi connectivity index (χ1n) is 6.10. The van der Waals surface area contributed by atoms with Crippen molar-refractivity contribution in [2.75, 3.05) is 20.4 Å². The maximum atomic E-state index is 9.60. The molecule has 0 aromatic heterocycles. The molecule has 110 valence electrons. The molecule has 0 fully saturated rings. The molecule has 0 aromatic carbocycles. The SMILES string of the molecule is CC(C)(C)OC=O.CCC(C)(C)COCN(C)Br. The minimum absolute atomic E-state index is 0.309. The Morgan fingerprint density at radius 3 is 1.94 bits per heavy atom.